The Morgan fingerprint density at radius 2 is 1.69 bits per heavy atom. The molecule has 0 unspecified atom stereocenters. The van der Waals surface area contributed by atoms with Gasteiger partial charge in [-0.05, 0) is 64.3 Å². The van der Waals surface area contributed by atoms with Crippen LogP contribution in [0.1, 0.15) is 18.4 Å². The maximum Gasteiger partial charge on any atom is 0.490 e. The van der Waals surface area contributed by atoms with Crippen molar-refractivity contribution in [1.82, 2.24) is 25.4 Å². The van der Waals surface area contributed by atoms with E-state index in [0.717, 1.165) is 63.5 Å². The van der Waals surface area contributed by atoms with Gasteiger partial charge >= 0.3 is 24.0 Å². The van der Waals surface area contributed by atoms with E-state index < -0.39 is 24.0 Å². The molecular formula is C22H36F3N7O4. The van der Waals surface area contributed by atoms with Crippen LogP contribution in [-0.2, 0) is 20.9 Å². The average Bonchev–Trinajstić information content (AvgIpc) is 2.84. The van der Waals surface area contributed by atoms with Crippen LogP contribution in [0.3, 0.4) is 0 Å². The first-order valence-corrected chi connectivity index (χ1v) is 11.6. The quantitative estimate of drug-likeness (QED) is 0.245. The number of alkyl halides is 3. The molecule has 1 aliphatic heterocycles. The van der Waals surface area contributed by atoms with Gasteiger partial charge in [-0.1, -0.05) is 0 Å². The number of amides is 2. The van der Waals surface area contributed by atoms with E-state index in [9.17, 15) is 22.8 Å². The van der Waals surface area contributed by atoms with E-state index in [2.05, 4.69) is 37.4 Å². The van der Waals surface area contributed by atoms with Gasteiger partial charge in [0.15, 0.2) is 0 Å². The van der Waals surface area contributed by atoms with Crippen LogP contribution in [0.4, 0.5) is 19.0 Å². The van der Waals surface area contributed by atoms with Crippen molar-refractivity contribution in [3.05, 3.63) is 23.9 Å². The Hall–Kier alpha value is -2.97. The number of rotatable bonds is 10. The van der Waals surface area contributed by atoms with Crippen molar-refractivity contribution in [3.8, 4) is 0 Å². The number of carboxylic acid groups (broad SMARTS) is 1. The van der Waals surface area contributed by atoms with E-state index in [4.69, 9.17) is 15.6 Å². The molecule has 2 rings (SSSR count). The van der Waals surface area contributed by atoms with Crippen LogP contribution in [0.2, 0.25) is 0 Å². The predicted molar refractivity (Wildman–Crippen MR) is 128 cm³/mol. The van der Waals surface area contributed by atoms with E-state index in [1.807, 2.05) is 19.2 Å². The maximum atomic E-state index is 12.0. The Morgan fingerprint density at radius 1 is 1.11 bits per heavy atom. The highest BCUT2D eigenvalue weighted by atomic mass is 19.4. The van der Waals surface area contributed by atoms with Gasteiger partial charge in [-0.3, -0.25) is 9.59 Å². The Bertz CT molecular complexity index is 834. The van der Waals surface area contributed by atoms with Crippen molar-refractivity contribution < 1.29 is 32.7 Å². The third kappa shape index (κ3) is 12.7. The Balaban J connectivity index is 0.000000809. The molecule has 1 aliphatic rings. The number of nitrogens with zero attached hydrogens (tertiary/aromatic N) is 4. The summed E-state index contributed by atoms with van der Waals surface area (Å²) in [6.07, 6.45) is -1.59. The highest BCUT2D eigenvalue weighted by molar-refractivity contribution is 6.35. The summed E-state index contributed by atoms with van der Waals surface area (Å²) in [5.74, 6) is -3.05. The second-order valence-corrected chi connectivity index (χ2v) is 8.35. The lowest BCUT2D eigenvalue weighted by atomic mass is 10.2. The van der Waals surface area contributed by atoms with Gasteiger partial charge < -0.3 is 36.2 Å². The van der Waals surface area contributed by atoms with Gasteiger partial charge in [0.2, 0.25) is 0 Å². The van der Waals surface area contributed by atoms with Crippen molar-refractivity contribution in [2.75, 3.05) is 71.4 Å². The number of anilines is 1. The largest absolute Gasteiger partial charge is 0.490 e. The van der Waals surface area contributed by atoms with Crippen molar-refractivity contribution >= 4 is 23.6 Å². The molecule has 5 N–H and O–H groups in total. The Kier molecular flexibility index (Phi) is 13.7. The Labute approximate surface area is 208 Å². The molecular weight excluding hydrogens is 483 g/mol. The van der Waals surface area contributed by atoms with Crippen molar-refractivity contribution in [1.29, 1.82) is 0 Å². The van der Waals surface area contributed by atoms with Crippen LogP contribution in [0.25, 0.3) is 0 Å². The van der Waals surface area contributed by atoms with E-state index in [0.29, 0.717) is 19.6 Å². The fourth-order valence-corrected chi connectivity index (χ4v) is 3.15. The van der Waals surface area contributed by atoms with Crippen LogP contribution >= 0.6 is 0 Å². The second-order valence-electron chi connectivity index (χ2n) is 8.35. The molecule has 1 aromatic rings. The minimum absolute atomic E-state index is 0.303. The summed E-state index contributed by atoms with van der Waals surface area (Å²) in [5, 5.41) is 12.5. The lowest BCUT2D eigenvalue weighted by Crippen LogP contribution is -2.44. The normalized spacial score (nSPS) is 14.1. The molecule has 0 radical (unpaired) electrons. The van der Waals surface area contributed by atoms with Gasteiger partial charge in [0.05, 0.1) is 0 Å². The summed E-state index contributed by atoms with van der Waals surface area (Å²) < 4.78 is 31.7. The molecule has 0 bridgehead atoms. The predicted octanol–water partition coefficient (Wildman–Crippen LogP) is -0.130. The number of hydrogen-bond acceptors (Lipinski definition) is 8. The molecule has 0 aromatic carbocycles. The van der Waals surface area contributed by atoms with Crippen LogP contribution in [0, 0.1) is 0 Å². The minimum Gasteiger partial charge on any atom is -0.475 e. The lowest BCUT2D eigenvalue weighted by molar-refractivity contribution is -0.192. The SMILES string of the molecule is CN(CCCN)CCCNC(=O)C(=O)NCc1ccnc(N2CCN(C)CC2)c1.O=C(O)C(F)(F)F. The minimum atomic E-state index is -5.08. The first kappa shape index (κ1) is 31.1. The first-order valence-electron chi connectivity index (χ1n) is 11.6. The summed E-state index contributed by atoms with van der Waals surface area (Å²) in [5.41, 5.74) is 6.42. The van der Waals surface area contributed by atoms with Gasteiger partial charge in [-0.15, -0.1) is 0 Å². The van der Waals surface area contributed by atoms with Gasteiger partial charge in [-0.25, -0.2) is 9.78 Å². The Morgan fingerprint density at radius 3 is 2.28 bits per heavy atom. The molecule has 2 amide bonds. The standard InChI is InChI=1S/C20H35N7O2.C2HF3O2/c1-25(9-3-6-21)10-4-7-23-19(28)20(29)24-16-17-5-8-22-18(15-17)27-13-11-26(2)12-14-27;3-2(4,5)1(6)7/h5,8,15H,3-4,6-7,9-14,16,21H2,1-2H3,(H,23,28)(H,24,29);(H,6,7). The summed E-state index contributed by atoms with van der Waals surface area (Å²) in [6, 6.07) is 3.83. The second kappa shape index (κ2) is 15.9. The molecule has 0 aliphatic carbocycles. The van der Waals surface area contributed by atoms with Gasteiger partial charge in [0, 0.05) is 45.5 Å². The molecule has 0 saturated carbocycles. The molecule has 2 heterocycles. The summed E-state index contributed by atoms with van der Waals surface area (Å²) in [4.78, 5) is 44.0. The lowest BCUT2D eigenvalue weighted by Gasteiger charge is -2.33. The van der Waals surface area contributed by atoms with Gasteiger partial charge in [0.25, 0.3) is 0 Å². The fraction of sp³-hybridized carbons (Fsp3) is 0.636. The number of carboxylic acids is 1. The topological polar surface area (TPSA) is 144 Å². The number of nitrogens with two attached hydrogens (primary N) is 1. The fourth-order valence-electron chi connectivity index (χ4n) is 3.15. The smallest absolute Gasteiger partial charge is 0.475 e. The van der Waals surface area contributed by atoms with Gasteiger partial charge in [-0.2, -0.15) is 13.2 Å². The van der Waals surface area contributed by atoms with E-state index in [1.165, 1.54) is 0 Å². The number of pyridine rings is 1. The average molecular weight is 520 g/mol. The molecule has 11 nitrogen and oxygen atoms in total. The van der Waals surface area contributed by atoms with Crippen molar-refractivity contribution in [2.24, 2.45) is 5.73 Å². The van der Waals surface area contributed by atoms with Crippen molar-refractivity contribution in [2.45, 2.75) is 25.6 Å². The zero-order valence-corrected chi connectivity index (χ0v) is 20.7. The molecule has 204 valence electrons. The molecule has 1 fully saturated rings. The van der Waals surface area contributed by atoms with E-state index >= 15 is 0 Å². The number of likely N-dealkylation sites (N-methyl/N-ethyl adjacent to an activating group) is 1. The number of hydrogen-bond donors (Lipinski definition) is 4. The molecule has 1 saturated heterocycles. The first-order chi connectivity index (χ1) is 16.9. The summed E-state index contributed by atoms with van der Waals surface area (Å²) >= 11 is 0. The highest BCUT2D eigenvalue weighted by Crippen LogP contribution is 2.15. The van der Waals surface area contributed by atoms with E-state index in [1.54, 1.807) is 6.20 Å². The number of nitrogens with one attached hydrogen (secondary N) is 2. The molecule has 14 heteroatoms. The zero-order valence-electron chi connectivity index (χ0n) is 20.7. The van der Waals surface area contributed by atoms with Crippen LogP contribution in [0.15, 0.2) is 18.3 Å². The van der Waals surface area contributed by atoms with Crippen molar-refractivity contribution in [3.63, 3.8) is 0 Å². The summed E-state index contributed by atoms with van der Waals surface area (Å²) in [7, 11) is 4.14. The number of aromatic nitrogens is 1. The summed E-state index contributed by atoms with van der Waals surface area (Å²) in [6.45, 7) is 7.12. The third-order valence-electron chi connectivity index (χ3n) is 5.29. The maximum absolute atomic E-state index is 12.0. The van der Waals surface area contributed by atoms with Crippen LogP contribution in [-0.4, -0.2) is 110 Å². The number of piperazine rings is 1. The number of carbonyl (C=O) groups is 3. The molecule has 36 heavy (non-hydrogen) atoms. The molecule has 0 spiro atoms. The zero-order chi connectivity index (χ0) is 27.1. The van der Waals surface area contributed by atoms with Crippen LogP contribution in [0.5, 0.6) is 0 Å². The number of aliphatic carboxylic acids is 1. The third-order valence-corrected chi connectivity index (χ3v) is 5.29. The van der Waals surface area contributed by atoms with Crippen LogP contribution < -0.4 is 21.3 Å². The number of halogens is 3. The molecule has 1 aromatic heterocycles. The van der Waals surface area contributed by atoms with E-state index in [-0.39, 0.29) is 0 Å². The van der Waals surface area contributed by atoms with Gasteiger partial charge in [0.1, 0.15) is 5.82 Å². The monoisotopic (exact) mass is 519 g/mol. The highest BCUT2D eigenvalue weighted by Gasteiger charge is 2.38. The number of carbonyl (C=O) groups excluding carboxylic acids is 2. The molecule has 0 atom stereocenters.